The van der Waals surface area contributed by atoms with Gasteiger partial charge < -0.3 is 15.1 Å². The van der Waals surface area contributed by atoms with E-state index in [0.717, 1.165) is 22.4 Å². The van der Waals surface area contributed by atoms with Crippen LogP contribution in [0, 0.1) is 6.92 Å². The number of aryl methyl sites for hydroxylation is 1. The Morgan fingerprint density at radius 3 is 2.33 bits per heavy atom. The third-order valence-electron chi connectivity index (χ3n) is 6.29. The number of alkyl halides is 6. The fourth-order valence-electron chi connectivity index (χ4n) is 4.56. The normalized spacial score (nSPS) is 16.5. The average molecular weight is 587 g/mol. The van der Waals surface area contributed by atoms with Gasteiger partial charge in [0.15, 0.2) is 11.0 Å². The first-order valence-electron chi connectivity index (χ1n) is 12.2. The van der Waals surface area contributed by atoms with Crippen LogP contribution >= 0.6 is 11.8 Å². The van der Waals surface area contributed by atoms with Crippen LogP contribution in [0.4, 0.5) is 43.8 Å². The Labute approximate surface area is 228 Å². The van der Waals surface area contributed by atoms with E-state index in [2.05, 4.69) is 25.5 Å². The number of piperazine rings is 1. The summed E-state index contributed by atoms with van der Waals surface area (Å²) in [5.41, 5.74) is 1.51. The molecule has 0 atom stereocenters. The number of rotatable bonds is 7. The fourth-order valence-corrected chi connectivity index (χ4v) is 5.39. The van der Waals surface area contributed by atoms with Crippen molar-refractivity contribution in [1.29, 1.82) is 0 Å². The molecular weight excluding hydrogens is 562 g/mol. The van der Waals surface area contributed by atoms with Gasteiger partial charge in [0.2, 0.25) is 0 Å². The highest BCUT2D eigenvalue weighted by Crippen LogP contribution is 2.34. The average Bonchev–Trinajstić information content (AvgIpc) is 3.39. The summed E-state index contributed by atoms with van der Waals surface area (Å²) in [6.45, 7) is 0.448. The van der Waals surface area contributed by atoms with Crippen molar-refractivity contribution in [3.8, 4) is 0 Å². The predicted molar refractivity (Wildman–Crippen MR) is 135 cm³/mol. The van der Waals surface area contributed by atoms with Crippen molar-refractivity contribution in [1.82, 2.24) is 30.0 Å². The van der Waals surface area contributed by atoms with E-state index >= 15 is 0 Å². The molecule has 1 saturated heterocycles. The minimum absolute atomic E-state index is 0.156. The Morgan fingerprint density at radius 2 is 1.68 bits per heavy atom. The van der Waals surface area contributed by atoms with Gasteiger partial charge in [-0.25, -0.2) is 9.97 Å². The Balaban J connectivity index is 1.36. The molecule has 16 heteroatoms. The topological polar surface area (TPSA) is 93.3 Å². The maximum atomic E-state index is 12.9. The number of anilines is 3. The molecule has 0 aliphatic carbocycles. The second-order valence-corrected chi connectivity index (χ2v) is 10.6. The molecule has 214 valence electrons. The lowest BCUT2D eigenvalue weighted by atomic mass is 10.1. The van der Waals surface area contributed by atoms with Gasteiger partial charge in [0.05, 0.1) is 6.54 Å². The van der Waals surface area contributed by atoms with Crippen LogP contribution in [0.3, 0.4) is 0 Å². The maximum Gasteiger partial charge on any atom is 0.406 e. The number of benzene rings is 1. The Hall–Kier alpha value is -3.53. The Morgan fingerprint density at radius 1 is 0.950 bits per heavy atom. The minimum atomic E-state index is -4.50. The number of nitrogens with zero attached hydrogens (tertiary/aromatic N) is 6. The zero-order valence-electron chi connectivity index (χ0n) is 21.1. The molecule has 1 amide bonds. The van der Waals surface area contributed by atoms with Crippen molar-refractivity contribution in [2.75, 3.05) is 49.5 Å². The van der Waals surface area contributed by atoms with Crippen LogP contribution in [0.15, 0.2) is 40.4 Å². The lowest BCUT2D eigenvalue weighted by Gasteiger charge is -2.35. The fraction of sp³-hybridized carbons (Fsp3) is 0.417. The molecule has 1 aromatic carbocycles. The van der Waals surface area contributed by atoms with Crippen molar-refractivity contribution < 1.29 is 31.1 Å². The SMILES string of the molecule is Cc1cc(Nc2cc(N3CCN(CC(F)(F)F)CC3)nc(Sc3ccc4c(c3)CN(CC(F)(F)F)C4=O)n2)n[nH]1. The molecule has 40 heavy (non-hydrogen) atoms. The highest BCUT2D eigenvalue weighted by molar-refractivity contribution is 7.99. The number of hydrogen-bond donors (Lipinski definition) is 2. The lowest BCUT2D eigenvalue weighted by Crippen LogP contribution is -2.49. The molecule has 5 rings (SSSR count). The Bertz CT molecular complexity index is 1390. The van der Waals surface area contributed by atoms with Crippen LogP contribution in [-0.2, 0) is 6.54 Å². The van der Waals surface area contributed by atoms with E-state index in [4.69, 9.17) is 0 Å². The number of aromatic amines is 1. The standard InChI is InChI=1S/C24H24F6N8OS/c1-14-8-19(35-34-14)31-18-10-20(37-6-4-36(5-7-37)12-23(25,26)27)33-22(32-18)40-16-2-3-17-15(9-16)11-38(21(17)39)13-24(28,29)30/h2-3,8-10H,4-7,11-13H2,1H3,(H2,31,32,33,34,35). The summed E-state index contributed by atoms with van der Waals surface area (Å²) in [7, 11) is 0. The van der Waals surface area contributed by atoms with Gasteiger partial charge in [0.1, 0.15) is 18.2 Å². The molecule has 4 heterocycles. The molecule has 3 aromatic rings. The van der Waals surface area contributed by atoms with Crippen LogP contribution < -0.4 is 10.2 Å². The van der Waals surface area contributed by atoms with E-state index in [1.54, 1.807) is 24.3 Å². The second-order valence-electron chi connectivity index (χ2n) is 9.53. The summed E-state index contributed by atoms with van der Waals surface area (Å²) in [6, 6.07) is 8.21. The molecule has 0 saturated carbocycles. The minimum Gasteiger partial charge on any atom is -0.354 e. The quantitative estimate of drug-likeness (QED) is 0.307. The summed E-state index contributed by atoms with van der Waals surface area (Å²) in [6.07, 6.45) is -8.78. The monoisotopic (exact) mass is 586 g/mol. The van der Waals surface area contributed by atoms with Gasteiger partial charge in [-0.3, -0.25) is 14.8 Å². The van der Waals surface area contributed by atoms with Gasteiger partial charge in [0, 0.05) is 61.0 Å². The first-order valence-corrected chi connectivity index (χ1v) is 13.0. The van der Waals surface area contributed by atoms with Crippen molar-refractivity contribution in [3.63, 3.8) is 0 Å². The molecule has 9 nitrogen and oxygen atoms in total. The first kappa shape index (κ1) is 28.0. The third-order valence-corrected chi connectivity index (χ3v) is 7.14. The summed E-state index contributed by atoms with van der Waals surface area (Å²) in [5, 5.41) is 10.4. The van der Waals surface area contributed by atoms with Crippen molar-refractivity contribution in [2.45, 2.75) is 35.9 Å². The molecule has 0 spiro atoms. The number of halogens is 6. The predicted octanol–water partition coefficient (Wildman–Crippen LogP) is 4.61. The van der Waals surface area contributed by atoms with Gasteiger partial charge in [-0.1, -0.05) is 0 Å². The number of hydrogen-bond acceptors (Lipinski definition) is 8. The van der Waals surface area contributed by atoms with Gasteiger partial charge >= 0.3 is 12.4 Å². The molecule has 0 unspecified atom stereocenters. The number of nitrogens with one attached hydrogen (secondary N) is 2. The van der Waals surface area contributed by atoms with E-state index in [-0.39, 0.29) is 25.2 Å². The van der Waals surface area contributed by atoms with Crippen LogP contribution in [0.5, 0.6) is 0 Å². The maximum absolute atomic E-state index is 12.9. The largest absolute Gasteiger partial charge is 0.406 e. The molecule has 0 radical (unpaired) electrons. The molecule has 2 N–H and O–H groups in total. The van der Waals surface area contributed by atoms with Gasteiger partial charge in [0.25, 0.3) is 5.91 Å². The molecule has 1 fully saturated rings. The molecule has 2 aliphatic heterocycles. The summed E-state index contributed by atoms with van der Waals surface area (Å²) in [5.74, 6) is 0.748. The number of carbonyl (C=O) groups excluding carboxylic acids is 1. The molecular formula is C24H24F6N8OS. The number of H-pyrrole nitrogens is 1. The van der Waals surface area contributed by atoms with Crippen molar-refractivity contribution >= 4 is 35.1 Å². The van der Waals surface area contributed by atoms with Crippen molar-refractivity contribution in [2.24, 2.45) is 0 Å². The smallest absolute Gasteiger partial charge is 0.354 e. The highest BCUT2D eigenvalue weighted by atomic mass is 32.2. The van der Waals surface area contributed by atoms with Crippen LogP contribution in [0.2, 0.25) is 0 Å². The molecule has 0 bridgehead atoms. The zero-order chi connectivity index (χ0) is 28.7. The van der Waals surface area contributed by atoms with Crippen LogP contribution in [0.1, 0.15) is 21.6 Å². The number of amides is 1. The third kappa shape index (κ3) is 6.96. The highest BCUT2D eigenvalue weighted by Gasteiger charge is 2.37. The van der Waals surface area contributed by atoms with E-state index in [1.165, 1.54) is 11.0 Å². The van der Waals surface area contributed by atoms with E-state index in [9.17, 15) is 31.1 Å². The van der Waals surface area contributed by atoms with E-state index < -0.39 is 31.3 Å². The van der Waals surface area contributed by atoms with Crippen LogP contribution in [0.25, 0.3) is 0 Å². The number of fused-ring (bicyclic) bond motifs is 1. The Kier molecular flexibility index (Phi) is 7.56. The summed E-state index contributed by atoms with van der Waals surface area (Å²) in [4.78, 5) is 26.1. The number of aromatic nitrogens is 4. The number of carbonyl (C=O) groups is 1. The van der Waals surface area contributed by atoms with Gasteiger partial charge in [-0.15, -0.1) is 0 Å². The first-order chi connectivity index (χ1) is 18.8. The van der Waals surface area contributed by atoms with Crippen LogP contribution in [-0.4, -0.2) is 87.5 Å². The summed E-state index contributed by atoms with van der Waals surface area (Å²) >= 11 is 1.16. The van der Waals surface area contributed by atoms with Gasteiger partial charge in [-0.2, -0.15) is 31.4 Å². The van der Waals surface area contributed by atoms with Crippen molar-refractivity contribution in [3.05, 3.63) is 47.2 Å². The molecule has 2 aromatic heterocycles. The lowest BCUT2D eigenvalue weighted by molar-refractivity contribution is -0.146. The summed E-state index contributed by atoms with van der Waals surface area (Å²) < 4.78 is 77.0. The van der Waals surface area contributed by atoms with E-state index in [1.807, 2.05) is 11.8 Å². The zero-order valence-corrected chi connectivity index (χ0v) is 21.9. The second kappa shape index (κ2) is 10.8. The molecule has 2 aliphatic rings. The van der Waals surface area contributed by atoms with Gasteiger partial charge in [-0.05, 0) is 42.4 Å². The van der Waals surface area contributed by atoms with E-state index in [0.29, 0.717) is 46.2 Å².